The number of aryl methyl sites for hydroxylation is 1. The highest BCUT2D eigenvalue weighted by molar-refractivity contribution is 5.67. The molecule has 1 aliphatic rings. The molecule has 1 aliphatic carbocycles. The molecule has 0 saturated heterocycles. The van der Waals surface area contributed by atoms with Crippen LogP contribution in [0.3, 0.4) is 0 Å². The van der Waals surface area contributed by atoms with Crippen LogP contribution >= 0.6 is 0 Å². The van der Waals surface area contributed by atoms with Crippen molar-refractivity contribution in [1.82, 2.24) is 5.32 Å². The van der Waals surface area contributed by atoms with Gasteiger partial charge in [0, 0.05) is 18.5 Å². The maximum Gasteiger partial charge on any atom is 0.303 e. The van der Waals surface area contributed by atoms with Crippen LogP contribution in [0.1, 0.15) is 62.0 Å². The minimum absolute atomic E-state index is 0.0667. The van der Waals surface area contributed by atoms with Crippen molar-refractivity contribution >= 4 is 5.97 Å². The Labute approximate surface area is 191 Å². The van der Waals surface area contributed by atoms with Crippen LogP contribution in [0.2, 0.25) is 0 Å². The maximum absolute atomic E-state index is 10.9. The second-order valence-corrected chi connectivity index (χ2v) is 9.73. The highest BCUT2D eigenvalue weighted by atomic mass is 16.5. The van der Waals surface area contributed by atoms with Gasteiger partial charge >= 0.3 is 5.97 Å². The summed E-state index contributed by atoms with van der Waals surface area (Å²) < 4.78 is 5.94. The molecule has 174 valence electrons. The molecule has 0 bridgehead atoms. The van der Waals surface area contributed by atoms with E-state index >= 15 is 0 Å². The van der Waals surface area contributed by atoms with E-state index in [0.717, 1.165) is 30.4 Å². The van der Waals surface area contributed by atoms with Crippen molar-refractivity contribution in [1.29, 1.82) is 0 Å². The maximum atomic E-state index is 10.9. The number of nitrogens with one attached hydrogen (secondary N) is 1. The smallest absolute Gasteiger partial charge is 0.303 e. The summed E-state index contributed by atoms with van der Waals surface area (Å²) in [5.74, 6) is -0.176. The van der Waals surface area contributed by atoms with Crippen LogP contribution in [0.15, 0.2) is 48.5 Å². The van der Waals surface area contributed by atoms with Crippen molar-refractivity contribution in [2.24, 2.45) is 5.92 Å². The second-order valence-electron chi connectivity index (χ2n) is 9.73. The lowest BCUT2D eigenvalue weighted by Gasteiger charge is -2.31. The number of rotatable bonds is 12. The SMILES string of the molecule is C[C@@H](OC[C@@H](O)CNC(C)(C)CC1Cc2ccccc2C1)c1ccccc1CCC(=O)O. The van der Waals surface area contributed by atoms with Gasteiger partial charge in [-0.15, -0.1) is 0 Å². The molecule has 0 saturated carbocycles. The second kappa shape index (κ2) is 11.1. The number of carboxylic acid groups (broad SMARTS) is 1. The molecule has 2 atom stereocenters. The zero-order chi connectivity index (χ0) is 23.1. The number of aliphatic carboxylic acids is 1. The first-order chi connectivity index (χ1) is 15.2. The van der Waals surface area contributed by atoms with Gasteiger partial charge in [-0.2, -0.15) is 0 Å². The Morgan fingerprint density at radius 2 is 1.75 bits per heavy atom. The molecule has 2 aromatic carbocycles. The minimum Gasteiger partial charge on any atom is -0.481 e. The average molecular weight is 440 g/mol. The number of ether oxygens (including phenoxy) is 1. The third-order valence-electron chi connectivity index (χ3n) is 6.39. The van der Waals surface area contributed by atoms with E-state index in [-0.39, 0.29) is 24.7 Å². The van der Waals surface area contributed by atoms with Gasteiger partial charge in [0.1, 0.15) is 0 Å². The summed E-state index contributed by atoms with van der Waals surface area (Å²) in [6.45, 7) is 7.05. The molecule has 0 aromatic heterocycles. The van der Waals surface area contributed by atoms with E-state index in [0.29, 0.717) is 18.9 Å². The lowest BCUT2D eigenvalue weighted by molar-refractivity contribution is -0.136. The molecule has 0 amide bonds. The summed E-state index contributed by atoms with van der Waals surface area (Å²) in [5, 5.41) is 23.0. The van der Waals surface area contributed by atoms with Crippen molar-refractivity contribution in [2.75, 3.05) is 13.2 Å². The zero-order valence-corrected chi connectivity index (χ0v) is 19.5. The molecule has 2 aromatic rings. The molecule has 0 spiro atoms. The van der Waals surface area contributed by atoms with Gasteiger partial charge in [0.25, 0.3) is 0 Å². The van der Waals surface area contributed by atoms with Crippen molar-refractivity contribution in [3.8, 4) is 0 Å². The van der Waals surface area contributed by atoms with Crippen LogP contribution < -0.4 is 5.32 Å². The monoisotopic (exact) mass is 439 g/mol. The fourth-order valence-electron chi connectivity index (χ4n) is 4.79. The average Bonchev–Trinajstić information content (AvgIpc) is 3.16. The quantitative estimate of drug-likeness (QED) is 0.459. The van der Waals surface area contributed by atoms with Crippen LogP contribution in [0, 0.1) is 5.92 Å². The molecular formula is C27H37NO4. The first-order valence-electron chi connectivity index (χ1n) is 11.6. The van der Waals surface area contributed by atoms with Gasteiger partial charge in [-0.3, -0.25) is 4.79 Å². The van der Waals surface area contributed by atoms with Crippen LogP contribution in [-0.4, -0.2) is 41.0 Å². The lowest BCUT2D eigenvalue weighted by atomic mass is 9.88. The predicted molar refractivity (Wildman–Crippen MR) is 127 cm³/mol. The van der Waals surface area contributed by atoms with Gasteiger partial charge in [-0.1, -0.05) is 48.5 Å². The standard InChI is InChI=1S/C27H37NO4/c1-19(25-11-7-6-8-21(25)12-13-26(30)31)32-18-24(29)17-28-27(2,3)16-20-14-22-9-4-5-10-23(22)15-20/h4-11,19-20,24,28-29H,12-18H2,1-3H3,(H,30,31)/t19-,24+/m1/s1. The Hall–Kier alpha value is -2.21. The summed E-state index contributed by atoms with van der Waals surface area (Å²) >= 11 is 0. The van der Waals surface area contributed by atoms with Gasteiger partial charge in [0.05, 0.1) is 18.8 Å². The highest BCUT2D eigenvalue weighted by Gasteiger charge is 2.28. The van der Waals surface area contributed by atoms with Crippen molar-refractivity contribution in [2.45, 2.75) is 70.6 Å². The van der Waals surface area contributed by atoms with E-state index < -0.39 is 12.1 Å². The van der Waals surface area contributed by atoms with Crippen LogP contribution in [0.4, 0.5) is 0 Å². The fourth-order valence-corrected chi connectivity index (χ4v) is 4.79. The molecule has 32 heavy (non-hydrogen) atoms. The summed E-state index contributed by atoms with van der Waals surface area (Å²) in [7, 11) is 0. The first kappa shape index (κ1) is 24.4. The van der Waals surface area contributed by atoms with Crippen LogP contribution in [0.5, 0.6) is 0 Å². The van der Waals surface area contributed by atoms with Crippen LogP contribution in [0.25, 0.3) is 0 Å². The normalized spacial score (nSPS) is 16.0. The summed E-state index contributed by atoms with van der Waals surface area (Å²) in [5.41, 5.74) is 4.84. The number of benzene rings is 2. The molecular weight excluding hydrogens is 402 g/mol. The van der Waals surface area contributed by atoms with E-state index in [9.17, 15) is 9.90 Å². The Balaban J connectivity index is 1.43. The number of fused-ring (bicyclic) bond motifs is 1. The number of aliphatic hydroxyl groups excluding tert-OH is 1. The number of carbonyl (C=O) groups is 1. The number of carboxylic acids is 1. The minimum atomic E-state index is -0.807. The number of β-amino-alcohol motifs (C(OH)–C–C–N with tert-alkyl or cyclic N) is 1. The third kappa shape index (κ3) is 7.16. The topological polar surface area (TPSA) is 78.8 Å². The Bertz CT molecular complexity index is 870. The van der Waals surface area contributed by atoms with Gasteiger partial charge < -0.3 is 20.3 Å². The first-order valence-corrected chi connectivity index (χ1v) is 11.6. The van der Waals surface area contributed by atoms with E-state index in [1.807, 2.05) is 31.2 Å². The van der Waals surface area contributed by atoms with E-state index in [1.165, 1.54) is 11.1 Å². The van der Waals surface area contributed by atoms with E-state index in [4.69, 9.17) is 9.84 Å². The molecule has 0 unspecified atom stereocenters. The lowest BCUT2D eigenvalue weighted by Crippen LogP contribution is -2.45. The molecule has 0 heterocycles. The predicted octanol–water partition coefficient (Wildman–Crippen LogP) is 4.32. The molecule has 3 N–H and O–H groups in total. The Morgan fingerprint density at radius 1 is 1.12 bits per heavy atom. The van der Waals surface area contributed by atoms with Crippen molar-refractivity contribution in [3.05, 3.63) is 70.8 Å². The molecule has 0 radical (unpaired) electrons. The summed E-state index contributed by atoms with van der Waals surface area (Å²) in [6, 6.07) is 16.5. The Morgan fingerprint density at radius 3 is 2.41 bits per heavy atom. The molecule has 3 rings (SSSR count). The largest absolute Gasteiger partial charge is 0.481 e. The van der Waals surface area contributed by atoms with Gasteiger partial charge in [0.2, 0.25) is 0 Å². The summed E-state index contributed by atoms with van der Waals surface area (Å²) in [4.78, 5) is 10.9. The zero-order valence-electron chi connectivity index (χ0n) is 19.5. The van der Waals surface area contributed by atoms with Crippen molar-refractivity contribution in [3.63, 3.8) is 0 Å². The number of aliphatic hydroxyl groups is 1. The molecule has 0 fully saturated rings. The highest BCUT2D eigenvalue weighted by Crippen LogP contribution is 2.32. The van der Waals surface area contributed by atoms with Crippen LogP contribution in [-0.2, 0) is 28.8 Å². The van der Waals surface area contributed by atoms with Crippen molar-refractivity contribution < 1.29 is 19.7 Å². The molecule has 5 heteroatoms. The van der Waals surface area contributed by atoms with E-state index in [2.05, 4.69) is 43.4 Å². The summed E-state index contributed by atoms with van der Waals surface area (Å²) in [6.07, 6.45) is 3.07. The van der Waals surface area contributed by atoms with Gasteiger partial charge in [0.15, 0.2) is 0 Å². The number of hydrogen-bond acceptors (Lipinski definition) is 4. The molecule has 5 nitrogen and oxygen atoms in total. The molecule has 0 aliphatic heterocycles. The van der Waals surface area contributed by atoms with Gasteiger partial charge in [-0.25, -0.2) is 0 Å². The Kier molecular flexibility index (Phi) is 8.46. The number of hydrogen-bond donors (Lipinski definition) is 3. The van der Waals surface area contributed by atoms with Gasteiger partial charge in [-0.05, 0) is 74.6 Å². The van der Waals surface area contributed by atoms with E-state index in [1.54, 1.807) is 0 Å². The fraction of sp³-hybridized carbons (Fsp3) is 0.519. The third-order valence-corrected chi connectivity index (χ3v) is 6.39.